The van der Waals surface area contributed by atoms with Crippen molar-refractivity contribution in [2.24, 2.45) is 0 Å². The van der Waals surface area contributed by atoms with E-state index in [0.717, 1.165) is 47.6 Å². The molecule has 1 aliphatic heterocycles. The van der Waals surface area contributed by atoms with E-state index in [4.69, 9.17) is 4.98 Å². The first-order valence-electron chi connectivity index (χ1n) is 9.68. The number of rotatable bonds is 3. The Hall–Kier alpha value is -3.16. The highest BCUT2D eigenvalue weighted by Gasteiger charge is 2.24. The van der Waals surface area contributed by atoms with E-state index in [1.807, 2.05) is 18.2 Å². The lowest BCUT2D eigenvalue weighted by Crippen LogP contribution is -2.29. The molecule has 0 saturated heterocycles. The van der Waals surface area contributed by atoms with Crippen LogP contribution < -0.4 is 0 Å². The van der Waals surface area contributed by atoms with Gasteiger partial charge in [0.05, 0.1) is 5.39 Å². The fourth-order valence-electron chi connectivity index (χ4n) is 4.03. The van der Waals surface area contributed by atoms with E-state index in [1.54, 1.807) is 28.4 Å². The van der Waals surface area contributed by atoms with Gasteiger partial charge in [0, 0.05) is 30.7 Å². The quantitative estimate of drug-likeness (QED) is 0.460. The van der Waals surface area contributed by atoms with Crippen LogP contribution in [0.2, 0.25) is 0 Å². The number of hydrogen-bond donors (Lipinski definition) is 0. The molecular weight excluding hydrogens is 380 g/mol. The Bertz CT molecular complexity index is 1310. The van der Waals surface area contributed by atoms with Crippen molar-refractivity contribution in [3.8, 4) is 11.5 Å². The molecule has 0 amide bonds. The maximum atomic E-state index is 4.82. The van der Waals surface area contributed by atoms with Crippen LogP contribution in [0.3, 0.4) is 0 Å². The minimum atomic E-state index is 0.640. The van der Waals surface area contributed by atoms with Crippen LogP contribution >= 0.6 is 11.3 Å². The summed E-state index contributed by atoms with van der Waals surface area (Å²) >= 11 is 1.78. The number of pyridine rings is 1. The average Bonchev–Trinajstić information content (AvgIpc) is 3.36. The summed E-state index contributed by atoms with van der Waals surface area (Å²) in [7, 11) is 0. The van der Waals surface area contributed by atoms with Gasteiger partial charge >= 0.3 is 0 Å². The molecule has 1 aliphatic rings. The van der Waals surface area contributed by atoms with Crippen LogP contribution in [0.4, 0.5) is 0 Å². The molecular formula is C22H18N6S. The molecule has 0 fully saturated rings. The first-order chi connectivity index (χ1) is 14.3. The Morgan fingerprint density at radius 2 is 1.90 bits per heavy atom. The van der Waals surface area contributed by atoms with Crippen LogP contribution in [0.5, 0.6) is 0 Å². The number of thiophene rings is 1. The third-order valence-electron chi connectivity index (χ3n) is 5.40. The summed E-state index contributed by atoms with van der Waals surface area (Å²) in [5, 5.41) is 5.76. The van der Waals surface area contributed by atoms with E-state index in [1.165, 1.54) is 16.0 Å². The lowest BCUT2D eigenvalue weighted by atomic mass is 10.0. The topological polar surface area (TPSA) is 59.2 Å². The van der Waals surface area contributed by atoms with Crippen molar-refractivity contribution >= 4 is 27.2 Å². The maximum Gasteiger partial charge on any atom is 0.200 e. The Morgan fingerprint density at radius 1 is 1.00 bits per heavy atom. The molecule has 0 radical (unpaired) electrons. The van der Waals surface area contributed by atoms with Crippen LogP contribution in [0, 0.1) is 0 Å². The molecule has 0 saturated carbocycles. The molecule has 6 rings (SSSR count). The minimum absolute atomic E-state index is 0.640. The molecule has 0 unspecified atom stereocenters. The molecule has 0 aliphatic carbocycles. The zero-order valence-electron chi connectivity index (χ0n) is 15.7. The van der Waals surface area contributed by atoms with Crippen molar-refractivity contribution in [1.29, 1.82) is 0 Å². The monoisotopic (exact) mass is 398 g/mol. The molecule has 6 nitrogen and oxygen atoms in total. The van der Waals surface area contributed by atoms with Crippen LogP contribution in [0.25, 0.3) is 27.4 Å². The number of hydrogen-bond acceptors (Lipinski definition) is 6. The number of aromatic nitrogens is 5. The highest BCUT2D eigenvalue weighted by molar-refractivity contribution is 7.19. The molecule has 0 spiro atoms. The van der Waals surface area contributed by atoms with Crippen LogP contribution in [-0.2, 0) is 19.5 Å². The van der Waals surface area contributed by atoms with E-state index in [-0.39, 0.29) is 0 Å². The van der Waals surface area contributed by atoms with Gasteiger partial charge in [-0.3, -0.25) is 9.88 Å². The highest BCUT2D eigenvalue weighted by atomic mass is 32.1. The fourth-order valence-corrected chi connectivity index (χ4v) is 5.25. The summed E-state index contributed by atoms with van der Waals surface area (Å²) in [4.78, 5) is 18.8. The minimum Gasteiger partial charge on any atom is -0.294 e. The number of nitrogens with zero attached hydrogens (tertiary/aromatic N) is 6. The predicted molar refractivity (Wildman–Crippen MR) is 114 cm³/mol. The first-order valence-corrected chi connectivity index (χ1v) is 10.5. The van der Waals surface area contributed by atoms with Crippen molar-refractivity contribution in [2.75, 3.05) is 6.54 Å². The van der Waals surface area contributed by atoms with Gasteiger partial charge in [0.2, 0.25) is 5.82 Å². The normalized spacial score (nSPS) is 14.5. The van der Waals surface area contributed by atoms with Crippen molar-refractivity contribution in [3.05, 3.63) is 77.1 Å². The molecule has 4 aromatic heterocycles. The summed E-state index contributed by atoms with van der Waals surface area (Å²) in [6.07, 6.45) is 4.54. The van der Waals surface area contributed by atoms with Crippen molar-refractivity contribution < 1.29 is 0 Å². The Labute approximate surface area is 171 Å². The molecule has 5 heterocycles. The van der Waals surface area contributed by atoms with Crippen molar-refractivity contribution in [2.45, 2.75) is 19.5 Å². The summed E-state index contributed by atoms with van der Waals surface area (Å²) in [5.74, 6) is 0.640. The molecule has 7 heteroatoms. The van der Waals surface area contributed by atoms with E-state index in [2.05, 4.69) is 50.3 Å². The van der Waals surface area contributed by atoms with Gasteiger partial charge in [0.25, 0.3) is 0 Å². The zero-order valence-corrected chi connectivity index (χ0v) is 16.5. The third kappa shape index (κ3) is 2.90. The van der Waals surface area contributed by atoms with Gasteiger partial charge < -0.3 is 0 Å². The van der Waals surface area contributed by atoms with E-state index in [0.29, 0.717) is 5.82 Å². The molecule has 1 aromatic carbocycles. The number of benzene rings is 1. The van der Waals surface area contributed by atoms with Crippen LogP contribution in [0.15, 0.2) is 61.1 Å². The van der Waals surface area contributed by atoms with Crippen LogP contribution in [0.1, 0.15) is 16.0 Å². The summed E-state index contributed by atoms with van der Waals surface area (Å²) in [5.41, 5.74) is 4.40. The van der Waals surface area contributed by atoms with Gasteiger partial charge in [-0.1, -0.05) is 36.4 Å². The Balaban J connectivity index is 1.40. The van der Waals surface area contributed by atoms with Gasteiger partial charge in [0.15, 0.2) is 5.65 Å². The molecule has 0 atom stereocenters. The van der Waals surface area contributed by atoms with Gasteiger partial charge in [0.1, 0.15) is 16.9 Å². The maximum absolute atomic E-state index is 4.82. The van der Waals surface area contributed by atoms with Crippen molar-refractivity contribution in [1.82, 2.24) is 29.5 Å². The second-order valence-electron chi connectivity index (χ2n) is 7.29. The van der Waals surface area contributed by atoms with E-state index >= 15 is 0 Å². The van der Waals surface area contributed by atoms with Crippen molar-refractivity contribution in [3.63, 3.8) is 0 Å². The van der Waals surface area contributed by atoms with Crippen LogP contribution in [-0.4, -0.2) is 36.0 Å². The molecule has 29 heavy (non-hydrogen) atoms. The molecule has 142 valence electrons. The highest BCUT2D eigenvalue weighted by Crippen LogP contribution is 2.36. The summed E-state index contributed by atoms with van der Waals surface area (Å²) in [6, 6.07) is 16.5. The Morgan fingerprint density at radius 3 is 2.76 bits per heavy atom. The molecule has 0 N–H and O–H groups in total. The molecule has 0 bridgehead atoms. The Kier molecular flexibility index (Phi) is 3.88. The largest absolute Gasteiger partial charge is 0.294 e. The fraction of sp³-hybridized carbons (Fsp3) is 0.182. The summed E-state index contributed by atoms with van der Waals surface area (Å²) < 4.78 is 1.79. The lowest BCUT2D eigenvalue weighted by molar-refractivity contribution is 0.249. The SMILES string of the molecule is c1ccc(CN2CCc3c(sc4ncn5nc(-c6ccccn6)nc5c34)C2)cc1. The van der Waals surface area contributed by atoms with E-state index in [9.17, 15) is 0 Å². The molecule has 5 aromatic rings. The van der Waals surface area contributed by atoms with Gasteiger partial charge in [-0.15, -0.1) is 16.4 Å². The van der Waals surface area contributed by atoms with Gasteiger partial charge in [-0.05, 0) is 29.7 Å². The van der Waals surface area contributed by atoms with E-state index < -0.39 is 0 Å². The van der Waals surface area contributed by atoms with Gasteiger partial charge in [-0.25, -0.2) is 14.5 Å². The zero-order chi connectivity index (χ0) is 19.2. The summed E-state index contributed by atoms with van der Waals surface area (Å²) in [6.45, 7) is 2.97. The average molecular weight is 398 g/mol. The second kappa shape index (κ2) is 6.72. The standard InChI is InChI=1S/C22H18N6S/c1-2-6-15(7-3-1)12-27-11-9-16-18(13-27)29-22-19(16)21-25-20(26-28(21)14-24-22)17-8-4-5-10-23-17/h1-8,10,14H,9,11-13H2. The first kappa shape index (κ1) is 16.8. The third-order valence-corrected chi connectivity index (χ3v) is 6.52. The number of fused-ring (bicyclic) bond motifs is 5. The smallest absolute Gasteiger partial charge is 0.200 e. The van der Waals surface area contributed by atoms with Gasteiger partial charge in [-0.2, -0.15) is 0 Å². The predicted octanol–water partition coefficient (Wildman–Crippen LogP) is 3.96. The lowest BCUT2D eigenvalue weighted by Gasteiger charge is -2.26. The second-order valence-corrected chi connectivity index (χ2v) is 8.38.